The topological polar surface area (TPSA) is 110 Å². The fourth-order valence-electron chi connectivity index (χ4n) is 3.09. The lowest BCUT2D eigenvalue weighted by Crippen LogP contribution is -2.16. The van der Waals surface area contributed by atoms with Crippen molar-refractivity contribution in [1.29, 1.82) is 5.26 Å². The number of primary amides is 1. The quantitative estimate of drug-likeness (QED) is 0.530. The van der Waals surface area contributed by atoms with Gasteiger partial charge in [0.25, 0.3) is 5.91 Å². The molecule has 1 amide bonds. The molecule has 0 atom stereocenters. The summed E-state index contributed by atoms with van der Waals surface area (Å²) in [6.45, 7) is 0.0572. The second-order valence-corrected chi connectivity index (χ2v) is 6.51. The zero-order chi connectivity index (χ0) is 21.3. The molecular formula is C21H14F2N6O. The van der Waals surface area contributed by atoms with Crippen LogP contribution in [0.2, 0.25) is 0 Å². The molecule has 3 N–H and O–H groups in total. The summed E-state index contributed by atoms with van der Waals surface area (Å²) in [5.74, 6) is -1.68. The van der Waals surface area contributed by atoms with Crippen LogP contribution < -0.4 is 11.1 Å². The Kier molecular flexibility index (Phi) is 4.82. The molecule has 2 heterocycles. The monoisotopic (exact) mass is 404 g/mol. The van der Waals surface area contributed by atoms with Crippen LogP contribution in [0.1, 0.15) is 21.5 Å². The van der Waals surface area contributed by atoms with E-state index in [2.05, 4.69) is 21.4 Å². The van der Waals surface area contributed by atoms with Crippen LogP contribution in [-0.4, -0.2) is 20.4 Å². The molecule has 7 nitrogen and oxygen atoms in total. The molecule has 0 unspecified atom stereocenters. The number of carbonyl (C=O) groups is 1. The Bertz CT molecular complexity index is 1300. The molecule has 0 aliphatic rings. The lowest BCUT2D eigenvalue weighted by atomic mass is 10.1. The summed E-state index contributed by atoms with van der Waals surface area (Å²) >= 11 is 0. The van der Waals surface area contributed by atoms with E-state index < -0.39 is 17.5 Å². The molecule has 2 aromatic carbocycles. The number of anilines is 1. The van der Waals surface area contributed by atoms with Crippen molar-refractivity contribution in [3.05, 3.63) is 83.3 Å². The van der Waals surface area contributed by atoms with Crippen molar-refractivity contribution in [2.24, 2.45) is 5.73 Å². The Balaban J connectivity index is 1.73. The van der Waals surface area contributed by atoms with Crippen LogP contribution in [-0.2, 0) is 6.54 Å². The molecule has 0 spiro atoms. The van der Waals surface area contributed by atoms with Crippen molar-refractivity contribution in [2.75, 3.05) is 5.32 Å². The number of hydrogen-bond donors (Lipinski definition) is 2. The first kappa shape index (κ1) is 19.0. The number of hydrogen-bond acceptors (Lipinski definition) is 5. The number of amides is 1. The molecule has 0 fully saturated rings. The van der Waals surface area contributed by atoms with Crippen LogP contribution >= 0.6 is 0 Å². The molecule has 0 saturated carbocycles. The second kappa shape index (κ2) is 7.60. The van der Waals surface area contributed by atoms with E-state index in [4.69, 9.17) is 11.0 Å². The minimum absolute atomic E-state index is 0.0572. The molecule has 4 rings (SSSR count). The molecule has 9 heteroatoms. The van der Waals surface area contributed by atoms with E-state index in [-0.39, 0.29) is 12.1 Å². The van der Waals surface area contributed by atoms with Crippen molar-refractivity contribution < 1.29 is 13.6 Å². The average molecular weight is 404 g/mol. The SMILES string of the molecule is N#Cc1ccc2ncn(-c3cc(NCc4cc(F)cc(F)c4)c(C(N)=O)cn3)c2c1. The van der Waals surface area contributed by atoms with Crippen LogP contribution in [0.3, 0.4) is 0 Å². The Labute approximate surface area is 169 Å². The number of benzene rings is 2. The van der Waals surface area contributed by atoms with Gasteiger partial charge in [0.1, 0.15) is 23.8 Å². The highest BCUT2D eigenvalue weighted by Gasteiger charge is 2.14. The van der Waals surface area contributed by atoms with E-state index in [0.717, 1.165) is 6.07 Å². The van der Waals surface area contributed by atoms with Gasteiger partial charge in [-0.25, -0.2) is 18.7 Å². The number of imidazole rings is 1. The van der Waals surface area contributed by atoms with Crippen molar-refractivity contribution >= 4 is 22.6 Å². The predicted molar refractivity (Wildman–Crippen MR) is 106 cm³/mol. The van der Waals surface area contributed by atoms with Gasteiger partial charge in [-0.15, -0.1) is 0 Å². The first-order valence-electron chi connectivity index (χ1n) is 8.81. The molecule has 0 bridgehead atoms. The van der Waals surface area contributed by atoms with Crippen molar-refractivity contribution in [2.45, 2.75) is 6.54 Å². The van der Waals surface area contributed by atoms with Crippen LogP contribution in [0, 0.1) is 23.0 Å². The van der Waals surface area contributed by atoms with Gasteiger partial charge in [0, 0.05) is 24.9 Å². The second-order valence-electron chi connectivity index (χ2n) is 6.51. The third-order valence-electron chi connectivity index (χ3n) is 4.48. The van der Waals surface area contributed by atoms with Crippen LogP contribution in [0.4, 0.5) is 14.5 Å². The van der Waals surface area contributed by atoms with Crippen molar-refractivity contribution in [3.63, 3.8) is 0 Å². The summed E-state index contributed by atoms with van der Waals surface area (Å²) in [7, 11) is 0. The van der Waals surface area contributed by atoms with Crippen molar-refractivity contribution in [3.8, 4) is 11.9 Å². The van der Waals surface area contributed by atoms with E-state index >= 15 is 0 Å². The van der Waals surface area contributed by atoms with E-state index in [1.54, 1.807) is 35.2 Å². The fourth-order valence-corrected chi connectivity index (χ4v) is 3.09. The predicted octanol–water partition coefficient (Wildman–Crippen LogP) is 3.28. The number of nitriles is 1. The van der Waals surface area contributed by atoms with E-state index in [0.29, 0.717) is 33.7 Å². The van der Waals surface area contributed by atoms with E-state index in [1.165, 1.54) is 18.3 Å². The molecule has 4 aromatic rings. The normalized spacial score (nSPS) is 10.7. The Morgan fingerprint density at radius 1 is 1.13 bits per heavy atom. The van der Waals surface area contributed by atoms with Gasteiger partial charge in [0.05, 0.1) is 33.9 Å². The number of rotatable bonds is 5. The number of nitrogens with one attached hydrogen (secondary N) is 1. The van der Waals surface area contributed by atoms with E-state index in [1.807, 2.05) is 0 Å². The lowest BCUT2D eigenvalue weighted by molar-refractivity contribution is 0.100. The summed E-state index contributed by atoms with van der Waals surface area (Å²) in [5, 5.41) is 12.1. The van der Waals surface area contributed by atoms with Crippen molar-refractivity contribution in [1.82, 2.24) is 14.5 Å². The smallest absolute Gasteiger partial charge is 0.252 e. The Hall–Kier alpha value is -4.32. The van der Waals surface area contributed by atoms with Crippen LogP contribution in [0.25, 0.3) is 16.9 Å². The highest BCUT2D eigenvalue weighted by atomic mass is 19.1. The van der Waals surface area contributed by atoms with Gasteiger partial charge in [0.15, 0.2) is 0 Å². The van der Waals surface area contributed by atoms with Gasteiger partial charge in [0.2, 0.25) is 0 Å². The summed E-state index contributed by atoms with van der Waals surface area (Å²) < 4.78 is 28.5. The average Bonchev–Trinajstić information content (AvgIpc) is 3.14. The summed E-state index contributed by atoms with van der Waals surface area (Å²) in [6, 6.07) is 11.9. The number of carbonyl (C=O) groups excluding carboxylic acids is 1. The highest BCUT2D eigenvalue weighted by molar-refractivity contribution is 5.98. The number of nitrogens with two attached hydrogens (primary N) is 1. The summed E-state index contributed by atoms with van der Waals surface area (Å²) in [6.07, 6.45) is 2.86. The number of fused-ring (bicyclic) bond motifs is 1. The minimum atomic E-state index is -0.704. The molecule has 0 aliphatic carbocycles. The van der Waals surface area contributed by atoms with Gasteiger partial charge in [-0.2, -0.15) is 5.26 Å². The largest absolute Gasteiger partial charge is 0.380 e. The minimum Gasteiger partial charge on any atom is -0.380 e. The molecule has 30 heavy (non-hydrogen) atoms. The number of pyridine rings is 1. The fraction of sp³-hybridized carbons (Fsp3) is 0.0476. The highest BCUT2D eigenvalue weighted by Crippen LogP contribution is 2.23. The van der Waals surface area contributed by atoms with Gasteiger partial charge in [-0.3, -0.25) is 9.36 Å². The zero-order valence-electron chi connectivity index (χ0n) is 15.4. The zero-order valence-corrected chi connectivity index (χ0v) is 15.4. The number of nitrogens with zero attached hydrogens (tertiary/aromatic N) is 4. The van der Waals surface area contributed by atoms with Crippen LogP contribution in [0.5, 0.6) is 0 Å². The molecule has 148 valence electrons. The van der Waals surface area contributed by atoms with Gasteiger partial charge < -0.3 is 11.1 Å². The third kappa shape index (κ3) is 3.66. The maximum Gasteiger partial charge on any atom is 0.252 e. The first-order valence-corrected chi connectivity index (χ1v) is 8.81. The first-order chi connectivity index (χ1) is 14.4. The maximum atomic E-state index is 13.4. The third-order valence-corrected chi connectivity index (χ3v) is 4.48. The molecule has 2 aromatic heterocycles. The Morgan fingerprint density at radius 2 is 1.90 bits per heavy atom. The molecular weight excluding hydrogens is 390 g/mol. The number of halogens is 2. The summed E-state index contributed by atoms with van der Waals surface area (Å²) in [4.78, 5) is 20.4. The maximum absolute atomic E-state index is 13.4. The molecule has 0 saturated heterocycles. The van der Waals surface area contributed by atoms with Crippen LogP contribution in [0.15, 0.2) is 55.0 Å². The molecule has 0 aliphatic heterocycles. The summed E-state index contributed by atoms with van der Waals surface area (Å²) in [5.41, 5.74) is 8.04. The van der Waals surface area contributed by atoms with E-state index in [9.17, 15) is 13.6 Å². The van der Waals surface area contributed by atoms with Gasteiger partial charge in [-0.1, -0.05) is 0 Å². The molecule has 0 radical (unpaired) electrons. The van der Waals surface area contributed by atoms with Gasteiger partial charge in [-0.05, 0) is 35.9 Å². The Morgan fingerprint density at radius 3 is 2.60 bits per heavy atom. The standard InChI is InChI=1S/C21H14F2N6O/c22-14-3-13(4-15(23)6-14)9-26-18-7-20(27-10-16(18)21(25)30)29-11-28-17-2-1-12(8-24)5-19(17)29/h1-7,10-11H,9H2,(H2,25,30)(H,26,27). The van der Waals surface area contributed by atoms with Gasteiger partial charge >= 0.3 is 0 Å². The number of aromatic nitrogens is 3. The lowest BCUT2D eigenvalue weighted by Gasteiger charge is -2.13.